The van der Waals surface area contributed by atoms with Crippen molar-refractivity contribution >= 4 is 121 Å². The van der Waals surface area contributed by atoms with Crippen LogP contribution in [0.5, 0.6) is 0 Å². The molecular weight excluding hydrogens is 965 g/mol. The highest BCUT2D eigenvalue weighted by Crippen LogP contribution is 2.43. The summed E-state index contributed by atoms with van der Waals surface area (Å²) in [5, 5.41) is 11.3. The highest BCUT2D eigenvalue weighted by molar-refractivity contribution is 6.27. The maximum absolute atomic E-state index is 5.64. The maximum atomic E-state index is 5.64. The van der Waals surface area contributed by atoms with Gasteiger partial charge in [0.25, 0.3) is 0 Å². The van der Waals surface area contributed by atoms with Gasteiger partial charge in [0.1, 0.15) is 11.7 Å². The van der Waals surface area contributed by atoms with Gasteiger partial charge in [-0.2, -0.15) is 9.97 Å². The fourth-order valence-corrected chi connectivity index (χ4v) is 12.7. The number of para-hydroxylation sites is 6. The second-order valence-corrected chi connectivity index (χ2v) is 20.7. The molecule has 0 spiro atoms. The van der Waals surface area contributed by atoms with E-state index in [2.05, 4.69) is 262 Å². The van der Waals surface area contributed by atoms with Gasteiger partial charge in [-0.1, -0.05) is 183 Å². The fraction of sp³-hybridized carbons (Fsp3) is 0.0423. The molecule has 8 heteroatoms. The molecule has 10 aromatic carbocycles. The Bertz CT molecular complexity index is 5080. The van der Waals surface area contributed by atoms with Crippen LogP contribution in [0.3, 0.4) is 0 Å². The number of benzene rings is 10. The van der Waals surface area contributed by atoms with Crippen LogP contribution in [-0.2, 0) is 6.42 Å². The Morgan fingerprint density at radius 1 is 0.468 bits per heavy atom. The molecule has 1 aliphatic rings. The molecule has 0 fully saturated rings. The van der Waals surface area contributed by atoms with Gasteiger partial charge in [0.15, 0.2) is 11.6 Å². The number of allylic oxidation sites excluding steroid dienone is 3. The second kappa shape index (κ2) is 17.6. The summed E-state index contributed by atoms with van der Waals surface area (Å²) < 4.78 is 9.15. The van der Waals surface area contributed by atoms with Crippen molar-refractivity contribution in [2.45, 2.75) is 19.8 Å². The largest absolute Gasteiger partial charge is 0.313 e. The zero-order valence-corrected chi connectivity index (χ0v) is 43.2. The summed E-state index contributed by atoms with van der Waals surface area (Å²) in [7, 11) is 0. The van der Waals surface area contributed by atoms with E-state index in [1.165, 1.54) is 11.1 Å². The van der Waals surface area contributed by atoms with E-state index < -0.39 is 0 Å². The molecule has 0 bridgehead atoms. The molecule has 5 heterocycles. The molecule has 79 heavy (non-hydrogen) atoms. The van der Waals surface area contributed by atoms with Crippen LogP contribution in [0.4, 0.5) is 0 Å². The molecule has 372 valence electrons. The Morgan fingerprint density at radius 2 is 0.987 bits per heavy atom. The van der Waals surface area contributed by atoms with Crippen LogP contribution in [0.15, 0.2) is 242 Å². The molecule has 0 saturated heterocycles. The summed E-state index contributed by atoms with van der Waals surface area (Å²) in [6.07, 6.45) is 8.68. The predicted octanol–water partition coefficient (Wildman–Crippen LogP) is 17.7. The van der Waals surface area contributed by atoms with Gasteiger partial charge in [0, 0.05) is 66.0 Å². The summed E-state index contributed by atoms with van der Waals surface area (Å²) in [5.41, 5.74) is 13.8. The number of fused-ring (bicyclic) bond motifs is 15. The molecule has 0 radical (unpaired) electrons. The molecule has 0 unspecified atom stereocenters. The minimum Gasteiger partial charge on any atom is -0.313 e. The van der Waals surface area contributed by atoms with Crippen LogP contribution in [0.2, 0.25) is 0 Å². The molecule has 0 amide bonds. The average molecular weight is 1010 g/mol. The normalized spacial score (nSPS) is 13.2. The number of rotatable bonds is 7. The van der Waals surface area contributed by atoms with Crippen molar-refractivity contribution in [1.29, 1.82) is 0 Å². The van der Waals surface area contributed by atoms with Crippen LogP contribution in [0, 0.1) is 0 Å². The van der Waals surface area contributed by atoms with Crippen LogP contribution in [-0.4, -0.2) is 39.1 Å². The molecule has 0 atom stereocenters. The molecule has 8 nitrogen and oxygen atoms in total. The molecule has 16 rings (SSSR count). The van der Waals surface area contributed by atoms with E-state index in [1.807, 2.05) is 0 Å². The lowest BCUT2D eigenvalue weighted by molar-refractivity contribution is 0.952. The van der Waals surface area contributed by atoms with E-state index in [0.29, 0.717) is 23.4 Å². The van der Waals surface area contributed by atoms with E-state index in [-0.39, 0.29) is 0 Å². The van der Waals surface area contributed by atoms with E-state index >= 15 is 0 Å². The fourth-order valence-electron chi connectivity index (χ4n) is 12.7. The first-order chi connectivity index (χ1) is 39.0. The number of nitrogens with zero attached hydrogens (tertiary/aromatic N) is 8. The maximum Gasteiger partial charge on any atom is 0.238 e. The van der Waals surface area contributed by atoms with Gasteiger partial charge in [-0.15, -0.1) is 0 Å². The molecule has 0 aliphatic heterocycles. The standard InChI is InChI=1S/C71H48N8/c1-44(41-66(78-61-31-15-9-25-54(61)55-26-10-16-32-62(55)78)72-45(2)77-59-29-13-7-23-52(59)53-24-8-14-30-60(53)77)76-64-34-18-12-28-58(64)67-65(76)40-39-57-56-27-11-17-33-63(56)79(68(57)67)71-74-69(50-37-35-46-19-3-5-21-48(46)42-50)73-70(75-71)51-38-36-47-20-4-6-22-49(47)43-51/h3-5,7-21,23-43H,2,6,22H2,1H3/b44-41+,72-66+. The summed E-state index contributed by atoms with van der Waals surface area (Å²) in [6.45, 7) is 6.95. The average Bonchev–Trinajstić information content (AvgIpc) is 4.02. The van der Waals surface area contributed by atoms with Crippen molar-refractivity contribution in [3.05, 3.63) is 248 Å². The number of aliphatic imine (C=N–C) groups is 1. The summed E-state index contributed by atoms with van der Waals surface area (Å²) in [6, 6.07) is 77.7. The summed E-state index contributed by atoms with van der Waals surface area (Å²) >= 11 is 0. The van der Waals surface area contributed by atoms with Gasteiger partial charge in [-0.25, -0.2) is 9.98 Å². The Labute approximate surface area is 454 Å². The van der Waals surface area contributed by atoms with Gasteiger partial charge in [-0.3, -0.25) is 13.7 Å². The van der Waals surface area contributed by atoms with Crippen molar-refractivity contribution in [3.8, 4) is 28.7 Å². The number of aryl methyl sites for hydroxylation is 1. The number of hydrogen-bond acceptors (Lipinski definition) is 4. The Hall–Kier alpha value is -10.4. The van der Waals surface area contributed by atoms with E-state index in [0.717, 1.165) is 133 Å². The van der Waals surface area contributed by atoms with Crippen molar-refractivity contribution in [1.82, 2.24) is 33.2 Å². The third-order valence-electron chi connectivity index (χ3n) is 16.2. The van der Waals surface area contributed by atoms with Crippen LogP contribution in [0.25, 0.3) is 144 Å². The first-order valence-corrected chi connectivity index (χ1v) is 27.0. The molecule has 1 aliphatic carbocycles. The molecular formula is C71H48N8. The number of aromatic nitrogens is 7. The van der Waals surface area contributed by atoms with Gasteiger partial charge >= 0.3 is 0 Å². The van der Waals surface area contributed by atoms with E-state index in [1.54, 1.807) is 0 Å². The Morgan fingerprint density at radius 3 is 1.63 bits per heavy atom. The summed E-state index contributed by atoms with van der Waals surface area (Å²) in [4.78, 5) is 21.9. The molecule has 0 N–H and O–H groups in total. The third kappa shape index (κ3) is 6.94. The summed E-state index contributed by atoms with van der Waals surface area (Å²) in [5.74, 6) is 3.14. The minimum absolute atomic E-state index is 0.554. The van der Waals surface area contributed by atoms with Crippen molar-refractivity contribution in [2.24, 2.45) is 4.99 Å². The van der Waals surface area contributed by atoms with E-state index in [4.69, 9.17) is 26.5 Å². The Balaban J connectivity index is 0.957. The van der Waals surface area contributed by atoms with Crippen LogP contribution < -0.4 is 0 Å². The lowest BCUT2D eigenvalue weighted by Crippen LogP contribution is -2.12. The highest BCUT2D eigenvalue weighted by atomic mass is 15.2. The molecule has 0 saturated carbocycles. The van der Waals surface area contributed by atoms with E-state index in [9.17, 15) is 0 Å². The van der Waals surface area contributed by atoms with Crippen molar-refractivity contribution in [3.63, 3.8) is 0 Å². The Kier molecular flexibility index (Phi) is 9.96. The third-order valence-corrected chi connectivity index (χ3v) is 16.2. The van der Waals surface area contributed by atoms with Crippen LogP contribution in [0.1, 0.15) is 24.5 Å². The lowest BCUT2D eigenvalue weighted by Gasteiger charge is -2.15. The lowest BCUT2D eigenvalue weighted by atomic mass is 9.95. The number of hydrogen-bond donors (Lipinski definition) is 0. The van der Waals surface area contributed by atoms with Crippen molar-refractivity contribution in [2.75, 3.05) is 0 Å². The predicted molar refractivity (Wildman–Crippen MR) is 330 cm³/mol. The quantitative estimate of drug-likeness (QED) is 0.118. The minimum atomic E-state index is 0.554. The van der Waals surface area contributed by atoms with Crippen LogP contribution >= 0.6 is 0 Å². The highest BCUT2D eigenvalue weighted by Gasteiger charge is 2.25. The smallest absolute Gasteiger partial charge is 0.238 e. The zero-order chi connectivity index (χ0) is 52.3. The van der Waals surface area contributed by atoms with Gasteiger partial charge in [-0.05, 0) is 96.3 Å². The first kappa shape index (κ1) is 44.8. The molecule has 5 aromatic heterocycles. The monoisotopic (exact) mass is 1010 g/mol. The zero-order valence-electron chi connectivity index (χ0n) is 43.2. The van der Waals surface area contributed by atoms with Gasteiger partial charge in [0.05, 0.1) is 44.1 Å². The SMILES string of the molecule is C=C(/N=C(\C=C(/C)n1c2ccccc2c2c1ccc1c3ccccc3n(-c3nc(-c4ccc5c(c4)CCC=C5)nc(-c4ccc5ccccc5c4)n3)c12)n1c2ccccc2c2ccccc21)n1c2ccccc2c2ccccc21. The molecule has 15 aromatic rings. The second-order valence-electron chi connectivity index (χ2n) is 20.7. The van der Waals surface area contributed by atoms with Crippen molar-refractivity contribution < 1.29 is 0 Å². The van der Waals surface area contributed by atoms with Gasteiger partial charge in [0.2, 0.25) is 5.95 Å². The topological polar surface area (TPSA) is 70.8 Å². The van der Waals surface area contributed by atoms with Gasteiger partial charge < -0.3 is 4.57 Å². The first-order valence-electron chi connectivity index (χ1n) is 27.0.